The molecule has 222 valence electrons. The number of fused-ring (bicyclic) bond motifs is 1. The lowest BCUT2D eigenvalue weighted by molar-refractivity contribution is -0.274. The van der Waals surface area contributed by atoms with Gasteiger partial charge in [0.1, 0.15) is 5.75 Å². The Kier molecular flexibility index (Phi) is 8.84. The number of esters is 1. The number of rotatable bonds is 9. The van der Waals surface area contributed by atoms with Crippen molar-refractivity contribution in [1.29, 1.82) is 0 Å². The number of alkyl halides is 3. The Morgan fingerprint density at radius 1 is 1.15 bits per heavy atom. The second-order valence-electron chi connectivity index (χ2n) is 11.6. The molecule has 1 fully saturated rings. The van der Waals surface area contributed by atoms with E-state index in [1.54, 1.807) is 26.1 Å². The Hall–Kier alpha value is -3.76. The molecule has 0 aliphatic heterocycles. The maximum Gasteiger partial charge on any atom is 0.573 e. The molecule has 41 heavy (non-hydrogen) atoms. The van der Waals surface area contributed by atoms with Gasteiger partial charge in [0, 0.05) is 30.9 Å². The quantitative estimate of drug-likeness (QED) is 0.275. The molecule has 8 nitrogen and oxygen atoms in total. The van der Waals surface area contributed by atoms with Gasteiger partial charge in [-0.2, -0.15) is 0 Å². The van der Waals surface area contributed by atoms with Crippen LogP contribution in [0.4, 0.5) is 24.8 Å². The summed E-state index contributed by atoms with van der Waals surface area (Å²) in [5.74, 6) is 0.112. The number of carbonyl (C=O) groups excluding carboxylic acids is 2. The first kappa shape index (κ1) is 30.2. The molecule has 0 spiro atoms. The van der Waals surface area contributed by atoms with Crippen LogP contribution in [0.3, 0.4) is 0 Å². The first-order chi connectivity index (χ1) is 19.2. The fraction of sp³-hybridized carbons (Fsp3) is 0.500. The summed E-state index contributed by atoms with van der Waals surface area (Å²) >= 11 is 0. The van der Waals surface area contributed by atoms with Crippen molar-refractivity contribution < 1.29 is 32.2 Å². The second kappa shape index (κ2) is 12.0. The molecular formula is C30H37F3N4O4. The highest BCUT2D eigenvalue weighted by atomic mass is 19.4. The van der Waals surface area contributed by atoms with Gasteiger partial charge in [-0.1, -0.05) is 20.8 Å². The zero-order valence-electron chi connectivity index (χ0n) is 24.0. The third-order valence-corrected chi connectivity index (χ3v) is 7.31. The topological polar surface area (TPSA) is 85.7 Å². The van der Waals surface area contributed by atoms with Crippen LogP contribution in [0, 0.1) is 11.3 Å². The van der Waals surface area contributed by atoms with E-state index in [0.29, 0.717) is 28.6 Å². The Bertz CT molecular complexity index is 1380. The Labute approximate surface area is 237 Å². The van der Waals surface area contributed by atoms with Crippen molar-refractivity contribution in [1.82, 2.24) is 14.5 Å². The maximum absolute atomic E-state index is 13.3. The molecule has 1 heterocycles. The van der Waals surface area contributed by atoms with Gasteiger partial charge in [-0.15, -0.1) is 13.2 Å². The molecule has 2 aromatic carbocycles. The van der Waals surface area contributed by atoms with E-state index in [2.05, 4.69) is 35.4 Å². The second-order valence-corrected chi connectivity index (χ2v) is 11.6. The highest BCUT2D eigenvalue weighted by Crippen LogP contribution is 2.46. The molecule has 2 atom stereocenters. The maximum atomic E-state index is 13.3. The van der Waals surface area contributed by atoms with Gasteiger partial charge in [0.25, 0.3) is 5.91 Å². The monoisotopic (exact) mass is 574 g/mol. The number of halogens is 3. The molecule has 3 aromatic rings. The lowest BCUT2D eigenvalue weighted by Gasteiger charge is -2.40. The van der Waals surface area contributed by atoms with Crippen molar-refractivity contribution >= 4 is 34.5 Å². The van der Waals surface area contributed by atoms with Gasteiger partial charge in [-0.25, -0.2) is 4.98 Å². The van der Waals surface area contributed by atoms with Crippen molar-refractivity contribution in [3.63, 3.8) is 0 Å². The molecule has 1 amide bonds. The third-order valence-electron chi connectivity index (χ3n) is 7.31. The van der Waals surface area contributed by atoms with Crippen molar-refractivity contribution in [3.8, 4) is 5.75 Å². The summed E-state index contributed by atoms with van der Waals surface area (Å²) in [6, 6.07) is 10.9. The van der Waals surface area contributed by atoms with Gasteiger partial charge in [0.15, 0.2) is 0 Å². The van der Waals surface area contributed by atoms with Gasteiger partial charge in [0.2, 0.25) is 5.95 Å². The number of hydrogen-bond acceptors (Lipinski definition) is 6. The van der Waals surface area contributed by atoms with E-state index in [-0.39, 0.29) is 48.7 Å². The molecule has 1 aromatic heterocycles. The number of carbonyl (C=O) groups is 2. The Morgan fingerprint density at radius 3 is 2.49 bits per heavy atom. The minimum atomic E-state index is -4.77. The third kappa shape index (κ3) is 7.71. The lowest BCUT2D eigenvalue weighted by atomic mass is 9.70. The standard InChI is InChI=1S/C30H37F3N4O4/c1-6-40-26(38)13-14-36(5)27(39)20-7-12-24-25(16-20)37(22-15-19(2)17-29(3,4)18-22)28(35-24)34-21-8-10-23(11-9-21)41-30(31,32)33/h7-12,16,19,22H,6,13-15,17-18H2,1-5H3,(H,34,35)/t19-,22+/m0/s1. The fourth-order valence-electron chi connectivity index (χ4n) is 5.86. The Balaban J connectivity index is 1.68. The molecule has 1 aliphatic rings. The van der Waals surface area contributed by atoms with Gasteiger partial charge >= 0.3 is 12.3 Å². The van der Waals surface area contributed by atoms with Crippen molar-refractivity contribution in [2.45, 2.75) is 65.8 Å². The van der Waals surface area contributed by atoms with Crippen molar-refractivity contribution in [2.75, 3.05) is 25.5 Å². The lowest BCUT2D eigenvalue weighted by Crippen LogP contribution is -2.30. The summed E-state index contributed by atoms with van der Waals surface area (Å²) in [6.45, 7) is 8.97. The highest BCUT2D eigenvalue weighted by molar-refractivity contribution is 5.98. The predicted molar refractivity (Wildman–Crippen MR) is 150 cm³/mol. The van der Waals surface area contributed by atoms with E-state index in [1.807, 2.05) is 6.07 Å². The number of aromatic nitrogens is 2. The van der Waals surface area contributed by atoms with E-state index < -0.39 is 6.36 Å². The van der Waals surface area contributed by atoms with Crippen LogP contribution in [-0.4, -0.2) is 52.9 Å². The van der Waals surface area contributed by atoms with Crippen LogP contribution in [0.1, 0.15) is 69.8 Å². The molecule has 1 saturated carbocycles. The molecule has 0 bridgehead atoms. The summed E-state index contributed by atoms with van der Waals surface area (Å²) in [5.41, 5.74) is 2.57. The predicted octanol–water partition coefficient (Wildman–Crippen LogP) is 7.09. The van der Waals surface area contributed by atoms with Crippen LogP contribution in [0.5, 0.6) is 5.75 Å². The van der Waals surface area contributed by atoms with Gasteiger partial charge in [0.05, 0.1) is 24.1 Å². The summed E-state index contributed by atoms with van der Waals surface area (Å²) < 4.78 is 48.9. The van der Waals surface area contributed by atoms with Crippen molar-refractivity contribution in [3.05, 3.63) is 48.0 Å². The van der Waals surface area contributed by atoms with Crippen molar-refractivity contribution in [2.24, 2.45) is 11.3 Å². The van der Waals surface area contributed by atoms with E-state index in [9.17, 15) is 22.8 Å². The van der Waals surface area contributed by atoms with Crippen LogP contribution in [0.15, 0.2) is 42.5 Å². The van der Waals surface area contributed by atoms with Gasteiger partial charge in [-0.05, 0) is 80.0 Å². The number of ether oxygens (including phenoxy) is 2. The number of nitrogens with zero attached hydrogens (tertiary/aromatic N) is 3. The molecule has 1 N–H and O–H groups in total. The SMILES string of the molecule is CCOC(=O)CCN(C)C(=O)c1ccc2nc(Nc3ccc(OC(F)(F)F)cc3)n([C@@H]3C[C@H](C)CC(C)(C)C3)c2c1. The van der Waals surface area contributed by atoms with Crippen LogP contribution < -0.4 is 10.1 Å². The first-order valence-corrected chi connectivity index (χ1v) is 13.8. The number of anilines is 2. The van der Waals surface area contributed by atoms with Gasteiger partial charge < -0.3 is 24.3 Å². The number of nitrogens with one attached hydrogen (secondary N) is 1. The van der Waals surface area contributed by atoms with Crippen LogP contribution in [-0.2, 0) is 9.53 Å². The van der Waals surface area contributed by atoms with Gasteiger partial charge in [-0.3, -0.25) is 9.59 Å². The zero-order valence-corrected chi connectivity index (χ0v) is 24.0. The Morgan fingerprint density at radius 2 is 1.85 bits per heavy atom. The molecule has 0 radical (unpaired) electrons. The first-order valence-electron chi connectivity index (χ1n) is 13.8. The van der Waals surface area contributed by atoms with E-state index in [4.69, 9.17) is 9.72 Å². The van der Waals surface area contributed by atoms with E-state index in [0.717, 1.165) is 24.8 Å². The smallest absolute Gasteiger partial charge is 0.466 e. The molecule has 1 aliphatic carbocycles. The molecule has 11 heteroatoms. The van der Waals surface area contributed by atoms with Crippen LogP contribution in [0.25, 0.3) is 11.0 Å². The average Bonchev–Trinajstić information content (AvgIpc) is 3.23. The minimum Gasteiger partial charge on any atom is -0.466 e. The van der Waals surface area contributed by atoms with E-state index in [1.165, 1.54) is 29.2 Å². The summed E-state index contributed by atoms with van der Waals surface area (Å²) in [6.07, 6.45) is -1.76. The number of imidazole rings is 1. The van der Waals surface area contributed by atoms with Crippen LogP contribution >= 0.6 is 0 Å². The number of hydrogen-bond donors (Lipinski definition) is 1. The fourth-order valence-corrected chi connectivity index (χ4v) is 5.86. The number of amides is 1. The number of benzene rings is 2. The molecular weight excluding hydrogens is 537 g/mol. The molecule has 0 unspecified atom stereocenters. The zero-order chi connectivity index (χ0) is 29.9. The molecule has 0 saturated heterocycles. The average molecular weight is 575 g/mol. The highest BCUT2D eigenvalue weighted by Gasteiger charge is 2.35. The van der Waals surface area contributed by atoms with Crippen LogP contribution in [0.2, 0.25) is 0 Å². The van der Waals surface area contributed by atoms with E-state index >= 15 is 0 Å². The molecule has 4 rings (SSSR count). The summed E-state index contributed by atoms with van der Waals surface area (Å²) in [4.78, 5) is 31.4. The normalized spacial score (nSPS) is 18.6. The largest absolute Gasteiger partial charge is 0.573 e. The minimum absolute atomic E-state index is 0.0842. The summed E-state index contributed by atoms with van der Waals surface area (Å²) in [5, 5.41) is 3.28. The summed E-state index contributed by atoms with van der Waals surface area (Å²) in [7, 11) is 1.65.